The lowest BCUT2D eigenvalue weighted by molar-refractivity contribution is 0.256. The van der Waals surface area contributed by atoms with Crippen LogP contribution in [0.4, 0.5) is 5.95 Å². The number of hydrogen-bond donors (Lipinski definition) is 3. The third kappa shape index (κ3) is 5.77. The lowest BCUT2D eigenvalue weighted by Gasteiger charge is -2.19. The predicted octanol–water partition coefficient (Wildman–Crippen LogP) is 5.17. The minimum Gasteiger partial charge on any atom is -0.394 e. The molecule has 2 aromatic heterocycles. The van der Waals surface area contributed by atoms with E-state index in [2.05, 4.69) is 42.1 Å². The van der Waals surface area contributed by atoms with Gasteiger partial charge in [0, 0.05) is 41.5 Å². The van der Waals surface area contributed by atoms with Crippen molar-refractivity contribution in [2.75, 3.05) is 11.9 Å². The Balaban J connectivity index is 1.77. The second kappa shape index (κ2) is 11.0. The van der Waals surface area contributed by atoms with E-state index in [0.717, 1.165) is 53.0 Å². The summed E-state index contributed by atoms with van der Waals surface area (Å²) < 4.78 is 1.99. The summed E-state index contributed by atoms with van der Waals surface area (Å²) in [6, 6.07) is 10.3. The number of nitrogens with zero attached hydrogens (tertiary/aromatic N) is 3. The summed E-state index contributed by atoms with van der Waals surface area (Å²) in [4.78, 5) is 9.24. The molecule has 32 heavy (non-hydrogen) atoms. The molecule has 0 radical (unpaired) electrons. The molecule has 2 atom stereocenters. The van der Waals surface area contributed by atoms with Crippen LogP contribution in [0.2, 0.25) is 0 Å². The average molecular weight is 434 g/mol. The zero-order valence-corrected chi connectivity index (χ0v) is 19.6. The van der Waals surface area contributed by atoms with Gasteiger partial charge in [0.25, 0.3) is 0 Å². The van der Waals surface area contributed by atoms with Crippen LogP contribution in [0.1, 0.15) is 61.4 Å². The number of aliphatic hydroxyl groups excluding tert-OH is 1. The Morgan fingerprint density at radius 2 is 2.03 bits per heavy atom. The summed E-state index contributed by atoms with van der Waals surface area (Å²) in [5.74, 6) is 1.49. The third-order valence-electron chi connectivity index (χ3n) is 5.67. The van der Waals surface area contributed by atoms with E-state index in [4.69, 9.17) is 4.98 Å². The van der Waals surface area contributed by atoms with E-state index in [1.165, 1.54) is 0 Å². The second-order valence-electron chi connectivity index (χ2n) is 8.32. The maximum atomic E-state index is 9.91. The van der Waals surface area contributed by atoms with Crippen LogP contribution in [0, 0.1) is 13.8 Å². The zero-order valence-electron chi connectivity index (χ0n) is 19.6. The number of anilines is 1. The first-order chi connectivity index (χ1) is 15.4. The number of aryl methyl sites for hydroxylation is 2. The van der Waals surface area contributed by atoms with Gasteiger partial charge in [-0.05, 0) is 38.3 Å². The van der Waals surface area contributed by atoms with Crippen LogP contribution in [0.5, 0.6) is 0 Å². The quantitative estimate of drug-likeness (QED) is 0.389. The van der Waals surface area contributed by atoms with Crippen molar-refractivity contribution in [1.82, 2.24) is 19.9 Å². The molecule has 0 spiro atoms. The first-order valence-corrected chi connectivity index (χ1v) is 11.4. The number of hydrogen-bond acceptors (Lipinski definition) is 5. The molecule has 6 heteroatoms. The fourth-order valence-electron chi connectivity index (χ4n) is 3.80. The maximum Gasteiger partial charge on any atom is 0.224 e. The highest BCUT2D eigenvalue weighted by molar-refractivity contribution is 5.62. The molecule has 1 aromatic carbocycles. The Labute approximate surface area is 191 Å². The highest BCUT2D eigenvalue weighted by atomic mass is 16.3. The molecule has 2 unspecified atom stereocenters. The van der Waals surface area contributed by atoms with E-state index in [1.54, 1.807) is 0 Å². The standard InChI is InChI=1S/C26H35N5O/c1-6-9-23(7-2)29-26-27-15-19(4)25(30-26)31-13-12-22(16-31)20(5)28-24(17-32)21-11-8-10-18(3)14-21/h8,10-16,23-24,28,32H,5-7,9,17H2,1-4H3,(H,27,29,30). The van der Waals surface area contributed by atoms with Gasteiger partial charge in [-0.1, -0.05) is 56.7 Å². The van der Waals surface area contributed by atoms with Gasteiger partial charge in [-0.2, -0.15) is 4.98 Å². The van der Waals surface area contributed by atoms with Gasteiger partial charge in [0.1, 0.15) is 5.82 Å². The zero-order chi connectivity index (χ0) is 23.1. The van der Waals surface area contributed by atoms with Crippen molar-refractivity contribution in [3.8, 4) is 5.82 Å². The van der Waals surface area contributed by atoms with Crippen LogP contribution in [0.25, 0.3) is 11.5 Å². The molecular formula is C26H35N5O. The molecule has 2 heterocycles. The van der Waals surface area contributed by atoms with Crippen LogP contribution in [-0.2, 0) is 0 Å². The Morgan fingerprint density at radius 3 is 2.72 bits per heavy atom. The van der Waals surface area contributed by atoms with Crippen LogP contribution >= 0.6 is 0 Å². The summed E-state index contributed by atoms with van der Waals surface area (Å²) in [7, 11) is 0. The average Bonchev–Trinajstić information content (AvgIpc) is 3.28. The summed E-state index contributed by atoms with van der Waals surface area (Å²) in [6.07, 6.45) is 9.09. The summed E-state index contributed by atoms with van der Waals surface area (Å²) >= 11 is 0. The van der Waals surface area contributed by atoms with E-state index in [9.17, 15) is 5.11 Å². The predicted molar refractivity (Wildman–Crippen MR) is 132 cm³/mol. The van der Waals surface area contributed by atoms with E-state index in [-0.39, 0.29) is 12.6 Å². The molecule has 0 aliphatic rings. The van der Waals surface area contributed by atoms with Crippen molar-refractivity contribution < 1.29 is 5.11 Å². The first kappa shape index (κ1) is 23.5. The third-order valence-corrected chi connectivity index (χ3v) is 5.67. The number of aromatic nitrogens is 3. The molecule has 0 aliphatic carbocycles. The van der Waals surface area contributed by atoms with Gasteiger partial charge < -0.3 is 20.3 Å². The van der Waals surface area contributed by atoms with Crippen molar-refractivity contribution in [2.45, 2.75) is 59.0 Å². The lowest BCUT2D eigenvalue weighted by atomic mass is 10.0. The normalized spacial score (nSPS) is 12.9. The number of aliphatic hydroxyl groups is 1. The molecule has 0 saturated carbocycles. The summed E-state index contributed by atoms with van der Waals surface area (Å²) in [5, 5.41) is 16.7. The lowest BCUT2D eigenvalue weighted by Crippen LogP contribution is -2.22. The second-order valence-corrected chi connectivity index (χ2v) is 8.32. The summed E-state index contributed by atoms with van der Waals surface area (Å²) in [6.45, 7) is 12.6. The van der Waals surface area contributed by atoms with Crippen LogP contribution in [0.3, 0.4) is 0 Å². The number of rotatable bonds is 11. The van der Waals surface area contributed by atoms with Gasteiger partial charge in [0.2, 0.25) is 5.95 Å². The van der Waals surface area contributed by atoms with Gasteiger partial charge in [0.05, 0.1) is 12.6 Å². The Hall–Kier alpha value is -3.12. The molecule has 0 amide bonds. The molecule has 170 valence electrons. The molecule has 0 fully saturated rings. The molecule has 3 rings (SSSR count). The van der Waals surface area contributed by atoms with E-state index < -0.39 is 0 Å². The van der Waals surface area contributed by atoms with Gasteiger partial charge in [-0.3, -0.25) is 0 Å². The number of nitrogens with one attached hydrogen (secondary N) is 2. The molecule has 0 saturated heterocycles. The van der Waals surface area contributed by atoms with Crippen molar-refractivity contribution in [1.29, 1.82) is 0 Å². The van der Waals surface area contributed by atoms with Crippen LogP contribution in [0.15, 0.2) is 55.5 Å². The molecular weight excluding hydrogens is 398 g/mol. The minimum atomic E-state index is -0.216. The Morgan fingerprint density at radius 1 is 1.22 bits per heavy atom. The fourth-order valence-corrected chi connectivity index (χ4v) is 3.80. The Bertz CT molecular complexity index is 1040. The largest absolute Gasteiger partial charge is 0.394 e. The topological polar surface area (TPSA) is 75.0 Å². The van der Waals surface area contributed by atoms with Crippen molar-refractivity contribution in [3.05, 3.63) is 77.8 Å². The molecule has 0 aliphatic heterocycles. The van der Waals surface area contributed by atoms with E-state index >= 15 is 0 Å². The molecule has 0 bridgehead atoms. The maximum absolute atomic E-state index is 9.91. The summed E-state index contributed by atoms with van der Waals surface area (Å²) in [5.41, 5.74) is 4.89. The molecule has 3 N–H and O–H groups in total. The Kier molecular flexibility index (Phi) is 8.06. The van der Waals surface area contributed by atoms with E-state index in [0.29, 0.717) is 12.0 Å². The van der Waals surface area contributed by atoms with Crippen molar-refractivity contribution in [3.63, 3.8) is 0 Å². The van der Waals surface area contributed by atoms with Crippen LogP contribution < -0.4 is 10.6 Å². The molecule has 3 aromatic rings. The van der Waals surface area contributed by atoms with E-state index in [1.807, 2.05) is 61.3 Å². The number of benzene rings is 1. The smallest absolute Gasteiger partial charge is 0.224 e. The highest BCUT2D eigenvalue weighted by Gasteiger charge is 2.14. The SMILES string of the molecule is C=C(NC(CO)c1cccc(C)c1)c1ccn(-c2nc(NC(CC)CCC)ncc2C)c1. The van der Waals surface area contributed by atoms with Gasteiger partial charge >= 0.3 is 0 Å². The monoisotopic (exact) mass is 433 g/mol. The first-order valence-electron chi connectivity index (χ1n) is 11.4. The fraction of sp³-hybridized carbons (Fsp3) is 0.385. The minimum absolute atomic E-state index is 0.0143. The highest BCUT2D eigenvalue weighted by Crippen LogP contribution is 2.22. The van der Waals surface area contributed by atoms with Gasteiger partial charge in [-0.25, -0.2) is 4.98 Å². The van der Waals surface area contributed by atoms with Gasteiger partial charge in [0.15, 0.2) is 0 Å². The molecule has 6 nitrogen and oxygen atoms in total. The van der Waals surface area contributed by atoms with Crippen molar-refractivity contribution in [2.24, 2.45) is 0 Å². The van der Waals surface area contributed by atoms with Crippen molar-refractivity contribution >= 4 is 11.6 Å². The van der Waals surface area contributed by atoms with Crippen LogP contribution in [-0.4, -0.2) is 32.3 Å². The van der Waals surface area contributed by atoms with Gasteiger partial charge in [-0.15, -0.1) is 0 Å².